The maximum Gasteiger partial charge on any atom is 0.254 e. The fourth-order valence-corrected chi connectivity index (χ4v) is 1.79. The molecule has 0 bridgehead atoms. The van der Waals surface area contributed by atoms with Crippen LogP contribution in [0.25, 0.3) is 0 Å². The SMILES string of the molecule is Cc1ccc(F)c(C(=O)NCCCC(C)CCl)c1. The molecule has 0 radical (unpaired) electrons. The maximum absolute atomic E-state index is 13.4. The Hall–Kier alpha value is -1.09. The topological polar surface area (TPSA) is 29.1 Å². The van der Waals surface area contributed by atoms with Gasteiger partial charge in [0.05, 0.1) is 5.56 Å². The number of hydrogen-bond acceptors (Lipinski definition) is 1. The molecule has 1 aromatic carbocycles. The molecular formula is C14H19ClFNO. The molecule has 1 unspecified atom stereocenters. The lowest BCUT2D eigenvalue weighted by molar-refractivity contribution is 0.0948. The molecule has 0 heterocycles. The molecule has 1 amide bonds. The third-order valence-electron chi connectivity index (χ3n) is 2.79. The van der Waals surface area contributed by atoms with E-state index in [0.717, 1.165) is 18.4 Å². The molecule has 1 rings (SSSR count). The predicted octanol–water partition coefficient (Wildman–Crippen LogP) is 3.52. The molecule has 2 nitrogen and oxygen atoms in total. The molecule has 4 heteroatoms. The van der Waals surface area contributed by atoms with Crippen LogP contribution in [0.3, 0.4) is 0 Å². The minimum Gasteiger partial charge on any atom is -0.352 e. The lowest BCUT2D eigenvalue weighted by atomic mass is 10.1. The van der Waals surface area contributed by atoms with Crippen LogP contribution >= 0.6 is 11.6 Å². The molecule has 0 saturated carbocycles. The van der Waals surface area contributed by atoms with Gasteiger partial charge in [-0.15, -0.1) is 11.6 Å². The average molecular weight is 272 g/mol. The molecule has 1 atom stereocenters. The lowest BCUT2D eigenvalue weighted by Crippen LogP contribution is -2.25. The molecule has 0 aliphatic heterocycles. The summed E-state index contributed by atoms with van der Waals surface area (Å²) in [6, 6.07) is 4.53. The first kappa shape index (κ1) is 15.0. The van der Waals surface area contributed by atoms with Gasteiger partial charge in [-0.25, -0.2) is 4.39 Å². The molecule has 1 N–H and O–H groups in total. The van der Waals surface area contributed by atoms with Crippen LogP contribution in [-0.4, -0.2) is 18.3 Å². The normalized spacial score (nSPS) is 12.2. The highest BCUT2D eigenvalue weighted by Crippen LogP contribution is 2.10. The summed E-state index contributed by atoms with van der Waals surface area (Å²) in [5.74, 6) is 0.238. The van der Waals surface area contributed by atoms with Crippen molar-refractivity contribution in [2.75, 3.05) is 12.4 Å². The van der Waals surface area contributed by atoms with Crippen molar-refractivity contribution in [2.24, 2.45) is 5.92 Å². The summed E-state index contributed by atoms with van der Waals surface area (Å²) in [6.45, 7) is 4.45. The first-order chi connectivity index (χ1) is 8.54. The number of halogens is 2. The van der Waals surface area contributed by atoms with Crippen LogP contribution in [-0.2, 0) is 0 Å². The maximum atomic E-state index is 13.4. The predicted molar refractivity (Wildman–Crippen MR) is 72.6 cm³/mol. The number of rotatable bonds is 6. The van der Waals surface area contributed by atoms with Crippen molar-refractivity contribution in [1.29, 1.82) is 0 Å². The van der Waals surface area contributed by atoms with E-state index in [1.807, 2.05) is 6.92 Å². The monoisotopic (exact) mass is 271 g/mol. The van der Waals surface area contributed by atoms with Gasteiger partial charge in [0.2, 0.25) is 0 Å². The van der Waals surface area contributed by atoms with Gasteiger partial charge in [-0.3, -0.25) is 4.79 Å². The van der Waals surface area contributed by atoms with E-state index in [1.165, 1.54) is 6.07 Å². The van der Waals surface area contributed by atoms with Crippen molar-refractivity contribution < 1.29 is 9.18 Å². The van der Waals surface area contributed by atoms with Gasteiger partial charge in [0.25, 0.3) is 5.91 Å². The van der Waals surface area contributed by atoms with Crippen molar-refractivity contribution in [1.82, 2.24) is 5.32 Å². The smallest absolute Gasteiger partial charge is 0.254 e. The van der Waals surface area contributed by atoms with Crippen LogP contribution in [0.4, 0.5) is 4.39 Å². The Labute approximate surface area is 113 Å². The molecule has 0 aromatic heterocycles. The molecular weight excluding hydrogens is 253 g/mol. The standard InChI is InChI=1S/C14H19ClFNO/c1-10-5-6-13(16)12(8-10)14(18)17-7-3-4-11(2)9-15/h5-6,8,11H,3-4,7,9H2,1-2H3,(H,17,18). The summed E-state index contributed by atoms with van der Waals surface area (Å²) in [5, 5.41) is 2.72. The third-order valence-corrected chi connectivity index (χ3v) is 3.32. The Morgan fingerprint density at radius 1 is 1.50 bits per heavy atom. The van der Waals surface area contributed by atoms with E-state index in [4.69, 9.17) is 11.6 Å². The highest BCUT2D eigenvalue weighted by Gasteiger charge is 2.11. The number of benzene rings is 1. The van der Waals surface area contributed by atoms with Crippen molar-refractivity contribution in [3.8, 4) is 0 Å². The molecule has 1 aromatic rings. The van der Waals surface area contributed by atoms with Crippen molar-refractivity contribution in [2.45, 2.75) is 26.7 Å². The number of hydrogen-bond donors (Lipinski definition) is 1. The summed E-state index contributed by atoms with van der Waals surface area (Å²) in [4.78, 5) is 11.8. The van der Waals surface area contributed by atoms with Gasteiger partial charge in [0.1, 0.15) is 5.82 Å². The van der Waals surface area contributed by atoms with Gasteiger partial charge < -0.3 is 5.32 Å². The van der Waals surface area contributed by atoms with Crippen molar-refractivity contribution in [3.63, 3.8) is 0 Å². The largest absolute Gasteiger partial charge is 0.352 e. The molecule has 0 fully saturated rings. The van der Waals surface area contributed by atoms with Crippen LogP contribution in [0.5, 0.6) is 0 Å². The fourth-order valence-electron chi connectivity index (χ4n) is 1.64. The molecule has 18 heavy (non-hydrogen) atoms. The van der Waals surface area contributed by atoms with E-state index in [9.17, 15) is 9.18 Å². The van der Waals surface area contributed by atoms with E-state index < -0.39 is 5.82 Å². The number of nitrogens with one attached hydrogen (secondary N) is 1. The zero-order chi connectivity index (χ0) is 13.5. The van der Waals surface area contributed by atoms with Gasteiger partial charge in [-0.2, -0.15) is 0 Å². The molecule has 0 saturated heterocycles. The number of alkyl halides is 1. The number of carbonyl (C=O) groups excluding carboxylic acids is 1. The Kier molecular flexibility index (Phi) is 6.13. The van der Waals surface area contributed by atoms with Crippen molar-refractivity contribution >= 4 is 17.5 Å². The minimum atomic E-state index is -0.479. The van der Waals surface area contributed by atoms with Crippen LogP contribution in [0.15, 0.2) is 18.2 Å². The second-order valence-electron chi connectivity index (χ2n) is 4.64. The minimum absolute atomic E-state index is 0.111. The Morgan fingerprint density at radius 3 is 2.89 bits per heavy atom. The van der Waals surface area contributed by atoms with Gasteiger partial charge >= 0.3 is 0 Å². The zero-order valence-corrected chi connectivity index (χ0v) is 11.6. The van der Waals surface area contributed by atoms with Gasteiger partial charge in [0.15, 0.2) is 0 Å². The first-order valence-corrected chi connectivity index (χ1v) is 6.68. The Morgan fingerprint density at radius 2 is 2.22 bits per heavy atom. The van der Waals surface area contributed by atoms with Crippen LogP contribution in [0.2, 0.25) is 0 Å². The number of amides is 1. The Bertz CT molecular complexity index is 409. The summed E-state index contributed by atoms with van der Waals surface area (Å²) in [5.41, 5.74) is 0.984. The second kappa shape index (κ2) is 7.37. The van der Waals surface area contributed by atoms with Crippen LogP contribution in [0.1, 0.15) is 35.7 Å². The van der Waals surface area contributed by atoms with E-state index in [1.54, 1.807) is 12.1 Å². The van der Waals surface area contributed by atoms with Gasteiger partial charge in [-0.05, 0) is 37.8 Å². The highest BCUT2D eigenvalue weighted by molar-refractivity contribution is 6.18. The van der Waals surface area contributed by atoms with E-state index >= 15 is 0 Å². The van der Waals surface area contributed by atoms with Crippen LogP contribution in [0, 0.1) is 18.7 Å². The van der Waals surface area contributed by atoms with E-state index in [0.29, 0.717) is 18.3 Å². The fraction of sp³-hybridized carbons (Fsp3) is 0.500. The summed E-state index contributed by atoms with van der Waals surface area (Å²) < 4.78 is 13.4. The summed E-state index contributed by atoms with van der Waals surface area (Å²) >= 11 is 5.69. The molecule has 100 valence electrons. The lowest BCUT2D eigenvalue weighted by Gasteiger charge is -2.09. The van der Waals surface area contributed by atoms with Crippen LogP contribution < -0.4 is 5.32 Å². The quantitative estimate of drug-likeness (QED) is 0.622. The van der Waals surface area contributed by atoms with Crippen molar-refractivity contribution in [3.05, 3.63) is 35.1 Å². The highest BCUT2D eigenvalue weighted by atomic mass is 35.5. The average Bonchev–Trinajstić information content (AvgIpc) is 2.36. The van der Waals surface area contributed by atoms with E-state index in [2.05, 4.69) is 12.2 Å². The number of aryl methyl sites for hydroxylation is 1. The second-order valence-corrected chi connectivity index (χ2v) is 4.95. The Balaban J connectivity index is 2.43. The van der Waals surface area contributed by atoms with E-state index in [-0.39, 0.29) is 11.5 Å². The first-order valence-electron chi connectivity index (χ1n) is 6.15. The zero-order valence-electron chi connectivity index (χ0n) is 10.8. The van der Waals surface area contributed by atoms with Gasteiger partial charge in [-0.1, -0.05) is 18.6 Å². The third kappa shape index (κ3) is 4.65. The molecule has 0 aliphatic rings. The van der Waals surface area contributed by atoms with Gasteiger partial charge in [0, 0.05) is 12.4 Å². The number of carbonyl (C=O) groups is 1. The molecule has 0 spiro atoms. The summed E-state index contributed by atoms with van der Waals surface area (Å²) in [7, 11) is 0. The summed E-state index contributed by atoms with van der Waals surface area (Å²) in [6.07, 6.45) is 1.81. The molecule has 0 aliphatic carbocycles.